The molecular weight excluding hydrogens is 346 g/mol. The van der Waals surface area contributed by atoms with Crippen LogP contribution in [0.5, 0.6) is 0 Å². The average Bonchev–Trinajstić information content (AvgIpc) is 2.90. The molecule has 3 aromatic rings. The maximum absolute atomic E-state index is 11.4. The summed E-state index contributed by atoms with van der Waals surface area (Å²) < 4.78 is 6.66. The van der Waals surface area contributed by atoms with Gasteiger partial charge >= 0.3 is 0 Å². The molecule has 0 unspecified atom stereocenters. The van der Waals surface area contributed by atoms with Gasteiger partial charge in [0.2, 0.25) is 11.8 Å². The van der Waals surface area contributed by atoms with Gasteiger partial charge in [0.15, 0.2) is 5.58 Å². The predicted octanol–water partition coefficient (Wildman–Crippen LogP) is 4.11. The van der Waals surface area contributed by atoms with E-state index in [-0.39, 0.29) is 12.3 Å². The number of nitriles is 1. The molecule has 0 saturated carbocycles. The van der Waals surface area contributed by atoms with Crippen LogP contribution in [0.25, 0.3) is 22.6 Å². The summed E-state index contributed by atoms with van der Waals surface area (Å²) >= 11 is 3.41. The van der Waals surface area contributed by atoms with Gasteiger partial charge in [-0.2, -0.15) is 5.26 Å². The minimum atomic E-state index is -0.349. The maximum Gasteiger partial charge on any atom is 0.238 e. The van der Waals surface area contributed by atoms with Crippen LogP contribution in [0.4, 0.5) is 5.69 Å². The summed E-state index contributed by atoms with van der Waals surface area (Å²) in [5.41, 5.74) is 2.72. The van der Waals surface area contributed by atoms with E-state index in [1.54, 1.807) is 24.3 Å². The topological polar surface area (TPSA) is 78.9 Å². The van der Waals surface area contributed by atoms with Crippen molar-refractivity contribution in [3.05, 3.63) is 46.9 Å². The van der Waals surface area contributed by atoms with E-state index in [0.29, 0.717) is 22.7 Å². The van der Waals surface area contributed by atoms with Crippen LogP contribution in [0.15, 0.2) is 51.4 Å². The molecular formula is C16H10BrN3O2. The number of nitrogens with one attached hydrogen (secondary N) is 1. The zero-order valence-electron chi connectivity index (χ0n) is 11.3. The second-order valence-electron chi connectivity index (χ2n) is 4.59. The Morgan fingerprint density at radius 3 is 2.95 bits per heavy atom. The molecule has 22 heavy (non-hydrogen) atoms. The number of nitrogens with zero attached hydrogens (tertiary/aromatic N) is 2. The van der Waals surface area contributed by atoms with Gasteiger partial charge in [-0.3, -0.25) is 4.79 Å². The summed E-state index contributed by atoms with van der Waals surface area (Å²) in [5, 5.41) is 11.1. The third-order valence-electron chi connectivity index (χ3n) is 2.98. The average molecular weight is 356 g/mol. The molecule has 1 N–H and O–H groups in total. The standard InChI is InChI=1S/C16H10BrN3O2/c17-11-3-1-2-10(8-11)16-20-13-9-12(4-5-14(13)22-16)19-15(21)6-7-18/h1-5,8-9H,6H2,(H,19,21). The minimum Gasteiger partial charge on any atom is -0.436 e. The number of fused-ring (bicyclic) bond motifs is 1. The second-order valence-corrected chi connectivity index (χ2v) is 5.51. The van der Waals surface area contributed by atoms with Crippen LogP contribution < -0.4 is 5.32 Å². The molecule has 1 amide bonds. The molecule has 0 fully saturated rings. The minimum absolute atomic E-state index is 0.180. The molecule has 6 heteroatoms. The van der Waals surface area contributed by atoms with E-state index in [0.717, 1.165) is 10.0 Å². The third kappa shape index (κ3) is 3.00. The molecule has 0 aliphatic rings. The lowest BCUT2D eigenvalue weighted by atomic mass is 10.2. The van der Waals surface area contributed by atoms with E-state index in [1.807, 2.05) is 24.3 Å². The molecule has 0 atom stereocenters. The summed E-state index contributed by atoms with van der Waals surface area (Å²) in [6, 6.07) is 14.6. The van der Waals surface area contributed by atoms with Crippen molar-refractivity contribution in [3.63, 3.8) is 0 Å². The van der Waals surface area contributed by atoms with Gasteiger partial charge in [0, 0.05) is 15.7 Å². The quantitative estimate of drug-likeness (QED) is 0.766. The first-order valence-electron chi connectivity index (χ1n) is 6.49. The van der Waals surface area contributed by atoms with Crippen LogP contribution in [0, 0.1) is 11.3 Å². The Morgan fingerprint density at radius 1 is 1.32 bits per heavy atom. The van der Waals surface area contributed by atoms with Crippen LogP contribution in [0.1, 0.15) is 6.42 Å². The van der Waals surface area contributed by atoms with E-state index in [4.69, 9.17) is 9.68 Å². The summed E-state index contributed by atoms with van der Waals surface area (Å²) in [6.07, 6.45) is -0.180. The highest BCUT2D eigenvalue weighted by Crippen LogP contribution is 2.27. The highest BCUT2D eigenvalue weighted by molar-refractivity contribution is 9.10. The van der Waals surface area contributed by atoms with Gasteiger partial charge in [0.1, 0.15) is 11.9 Å². The summed E-state index contributed by atoms with van der Waals surface area (Å²) in [4.78, 5) is 15.9. The summed E-state index contributed by atoms with van der Waals surface area (Å²) in [5.74, 6) is 0.161. The molecule has 0 saturated heterocycles. The van der Waals surface area contributed by atoms with Gasteiger partial charge < -0.3 is 9.73 Å². The van der Waals surface area contributed by atoms with E-state index < -0.39 is 0 Å². The van der Waals surface area contributed by atoms with Crippen molar-refractivity contribution in [2.45, 2.75) is 6.42 Å². The monoisotopic (exact) mass is 355 g/mol. The Labute approximate surface area is 134 Å². The highest BCUT2D eigenvalue weighted by Gasteiger charge is 2.10. The van der Waals surface area contributed by atoms with Crippen LogP contribution in [0.2, 0.25) is 0 Å². The Hall–Kier alpha value is -2.65. The first kappa shape index (κ1) is 14.3. The largest absolute Gasteiger partial charge is 0.436 e. The third-order valence-corrected chi connectivity index (χ3v) is 3.48. The number of rotatable bonds is 3. The first-order valence-corrected chi connectivity index (χ1v) is 7.28. The van der Waals surface area contributed by atoms with Gasteiger partial charge in [-0.1, -0.05) is 22.0 Å². The number of amides is 1. The zero-order valence-corrected chi connectivity index (χ0v) is 12.9. The fraction of sp³-hybridized carbons (Fsp3) is 0.0625. The normalized spacial score (nSPS) is 10.4. The van der Waals surface area contributed by atoms with Crippen molar-refractivity contribution >= 4 is 38.6 Å². The number of oxazole rings is 1. The lowest BCUT2D eigenvalue weighted by molar-refractivity contribution is -0.115. The number of hydrogen-bond acceptors (Lipinski definition) is 4. The maximum atomic E-state index is 11.4. The van der Waals surface area contributed by atoms with Crippen molar-refractivity contribution in [1.82, 2.24) is 4.98 Å². The number of anilines is 1. The molecule has 1 heterocycles. The van der Waals surface area contributed by atoms with Gasteiger partial charge in [0.25, 0.3) is 0 Å². The van der Waals surface area contributed by atoms with Gasteiger partial charge in [-0.05, 0) is 36.4 Å². The molecule has 2 aromatic carbocycles. The lowest BCUT2D eigenvalue weighted by Gasteiger charge is -2.00. The molecule has 0 spiro atoms. The fourth-order valence-corrected chi connectivity index (χ4v) is 2.43. The Kier molecular flexibility index (Phi) is 3.90. The summed E-state index contributed by atoms with van der Waals surface area (Å²) in [7, 11) is 0. The molecule has 0 aliphatic heterocycles. The molecule has 3 rings (SSSR count). The predicted molar refractivity (Wildman–Crippen MR) is 86.0 cm³/mol. The smallest absolute Gasteiger partial charge is 0.238 e. The number of benzene rings is 2. The first-order chi connectivity index (χ1) is 10.7. The molecule has 0 bridgehead atoms. The van der Waals surface area contributed by atoms with Gasteiger partial charge in [-0.25, -0.2) is 4.98 Å². The Morgan fingerprint density at radius 2 is 2.18 bits per heavy atom. The van der Waals surface area contributed by atoms with Crippen LogP contribution in [-0.2, 0) is 4.79 Å². The molecule has 0 radical (unpaired) electrons. The number of halogens is 1. The van der Waals surface area contributed by atoms with Crippen molar-refractivity contribution < 1.29 is 9.21 Å². The SMILES string of the molecule is N#CCC(=O)Nc1ccc2oc(-c3cccc(Br)c3)nc2c1. The molecule has 5 nitrogen and oxygen atoms in total. The van der Waals surface area contributed by atoms with Crippen molar-refractivity contribution in [2.24, 2.45) is 0 Å². The Bertz CT molecular complexity index is 896. The van der Waals surface area contributed by atoms with E-state index in [9.17, 15) is 4.79 Å². The number of carbonyl (C=O) groups excluding carboxylic acids is 1. The van der Waals surface area contributed by atoms with Crippen LogP contribution in [0.3, 0.4) is 0 Å². The number of carbonyl (C=O) groups is 1. The Balaban J connectivity index is 1.94. The summed E-state index contributed by atoms with van der Waals surface area (Å²) in [6.45, 7) is 0. The second kappa shape index (κ2) is 6.00. The van der Waals surface area contributed by atoms with E-state index in [2.05, 4.69) is 26.2 Å². The van der Waals surface area contributed by atoms with E-state index >= 15 is 0 Å². The van der Waals surface area contributed by atoms with Gasteiger partial charge in [0.05, 0.1) is 6.07 Å². The number of aromatic nitrogens is 1. The fourth-order valence-electron chi connectivity index (χ4n) is 2.03. The van der Waals surface area contributed by atoms with Gasteiger partial charge in [-0.15, -0.1) is 0 Å². The van der Waals surface area contributed by atoms with Crippen LogP contribution in [-0.4, -0.2) is 10.9 Å². The van der Waals surface area contributed by atoms with Crippen molar-refractivity contribution in [1.29, 1.82) is 5.26 Å². The van der Waals surface area contributed by atoms with E-state index in [1.165, 1.54) is 0 Å². The highest BCUT2D eigenvalue weighted by atomic mass is 79.9. The molecule has 0 aliphatic carbocycles. The zero-order chi connectivity index (χ0) is 15.5. The van der Waals surface area contributed by atoms with Crippen LogP contribution >= 0.6 is 15.9 Å². The molecule has 108 valence electrons. The van der Waals surface area contributed by atoms with Crippen molar-refractivity contribution in [2.75, 3.05) is 5.32 Å². The van der Waals surface area contributed by atoms with Crippen molar-refractivity contribution in [3.8, 4) is 17.5 Å². The lowest BCUT2D eigenvalue weighted by Crippen LogP contribution is -2.09. The number of hydrogen-bond donors (Lipinski definition) is 1. The molecule has 1 aromatic heterocycles.